The lowest BCUT2D eigenvalue weighted by atomic mass is 10.2. The molecule has 1 aromatic rings. The van der Waals surface area contributed by atoms with Gasteiger partial charge in [-0.3, -0.25) is 4.98 Å². The van der Waals surface area contributed by atoms with Crippen molar-refractivity contribution >= 4 is 17.4 Å². The van der Waals surface area contributed by atoms with Gasteiger partial charge in [0.25, 0.3) is 0 Å². The average molecular weight is 208 g/mol. The minimum Gasteiger partial charge on any atom is -0.310 e. The second-order valence-corrected chi connectivity index (χ2v) is 4.63. The molecule has 0 bridgehead atoms. The molecule has 0 atom stereocenters. The minimum atomic E-state index is 0.798. The average Bonchev–Trinajstić information content (AvgIpc) is 2.90. The van der Waals surface area contributed by atoms with Crippen LogP contribution in [0.2, 0.25) is 0 Å². The highest BCUT2D eigenvalue weighted by molar-refractivity contribution is 7.10. The first-order valence-electron chi connectivity index (χ1n) is 5.20. The van der Waals surface area contributed by atoms with E-state index in [-0.39, 0.29) is 0 Å². The molecule has 1 heterocycles. The van der Waals surface area contributed by atoms with E-state index in [9.17, 15) is 0 Å². The fourth-order valence-electron chi connectivity index (χ4n) is 1.34. The molecule has 0 aromatic carbocycles. The predicted molar refractivity (Wildman–Crippen MR) is 61.4 cm³/mol. The van der Waals surface area contributed by atoms with Gasteiger partial charge < -0.3 is 5.32 Å². The van der Waals surface area contributed by atoms with Crippen molar-refractivity contribution < 1.29 is 0 Å². The van der Waals surface area contributed by atoms with E-state index in [1.807, 2.05) is 11.7 Å². The summed E-state index contributed by atoms with van der Waals surface area (Å²) in [5.74, 6) is 0. The molecule has 3 heteroatoms. The summed E-state index contributed by atoms with van der Waals surface area (Å²) in [5, 5.41) is 3.54. The van der Waals surface area contributed by atoms with Crippen molar-refractivity contribution in [1.82, 2.24) is 10.3 Å². The molecule has 0 spiro atoms. The highest BCUT2D eigenvalue weighted by atomic mass is 32.1. The molecule has 2 rings (SSSR count). The SMILES string of the molecule is CCC(=Cc1cncs1)CNC1CC1. The first-order valence-corrected chi connectivity index (χ1v) is 6.07. The Kier molecular flexibility index (Phi) is 3.32. The molecule has 1 aromatic heterocycles. The van der Waals surface area contributed by atoms with Crippen LogP contribution in [0.15, 0.2) is 17.3 Å². The van der Waals surface area contributed by atoms with E-state index in [1.165, 1.54) is 23.3 Å². The van der Waals surface area contributed by atoms with Crippen molar-refractivity contribution in [2.75, 3.05) is 6.54 Å². The van der Waals surface area contributed by atoms with Gasteiger partial charge in [-0.2, -0.15) is 0 Å². The van der Waals surface area contributed by atoms with Crippen molar-refractivity contribution in [1.29, 1.82) is 0 Å². The standard InChI is InChI=1S/C11H16N2S/c1-2-9(6-13-10-3-4-10)5-11-7-12-8-14-11/h5,7-8,10,13H,2-4,6H2,1H3. The molecule has 0 unspecified atom stereocenters. The van der Waals surface area contributed by atoms with Gasteiger partial charge >= 0.3 is 0 Å². The summed E-state index contributed by atoms with van der Waals surface area (Å²) in [6, 6.07) is 0.798. The van der Waals surface area contributed by atoms with Crippen LogP contribution in [0.4, 0.5) is 0 Å². The lowest BCUT2D eigenvalue weighted by Crippen LogP contribution is -2.18. The highest BCUT2D eigenvalue weighted by Gasteiger charge is 2.19. The molecule has 76 valence electrons. The molecule has 1 aliphatic rings. The van der Waals surface area contributed by atoms with E-state index < -0.39 is 0 Å². The molecule has 2 nitrogen and oxygen atoms in total. The molecule has 0 amide bonds. The van der Waals surface area contributed by atoms with Crippen LogP contribution in [0.3, 0.4) is 0 Å². The molecule has 0 saturated heterocycles. The Morgan fingerprint density at radius 3 is 3.14 bits per heavy atom. The molecular weight excluding hydrogens is 192 g/mol. The summed E-state index contributed by atoms with van der Waals surface area (Å²) in [5.41, 5.74) is 3.36. The molecule has 1 N–H and O–H groups in total. The van der Waals surface area contributed by atoms with E-state index >= 15 is 0 Å². The van der Waals surface area contributed by atoms with Gasteiger partial charge in [-0.15, -0.1) is 11.3 Å². The first-order chi connectivity index (χ1) is 6.88. The van der Waals surface area contributed by atoms with Crippen molar-refractivity contribution in [3.63, 3.8) is 0 Å². The summed E-state index contributed by atoms with van der Waals surface area (Å²) in [7, 11) is 0. The van der Waals surface area contributed by atoms with Crippen LogP contribution in [0.1, 0.15) is 31.1 Å². The van der Waals surface area contributed by atoms with Crippen LogP contribution in [-0.4, -0.2) is 17.6 Å². The number of aromatic nitrogens is 1. The number of hydrogen-bond acceptors (Lipinski definition) is 3. The third-order valence-corrected chi connectivity index (χ3v) is 3.17. The summed E-state index contributed by atoms with van der Waals surface area (Å²) in [4.78, 5) is 5.33. The third kappa shape index (κ3) is 2.93. The molecule has 0 aliphatic heterocycles. The Morgan fingerprint density at radius 1 is 1.71 bits per heavy atom. The monoisotopic (exact) mass is 208 g/mol. The maximum absolute atomic E-state index is 4.07. The Hall–Kier alpha value is -0.670. The van der Waals surface area contributed by atoms with E-state index in [4.69, 9.17) is 0 Å². The second kappa shape index (κ2) is 4.71. The fraction of sp³-hybridized carbons (Fsp3) is 0.545. The predicted octanol–water partition coefficient (Wildman–Crippen LogP) is 2.69. The zero-order valence-electron chi connectivity index (χ0n) is 8.49. The molecule has 0 radical (unpaired) electrons. The van der Waals surface area contributed by atoms with Gasteiger partial charge in [-0.25, -0.2) is 0 Å². The molecular formula is C11H16N2S. The lowest BCUT2D eigenvalue weighted by molar-refractivity contribution is 0.723. The quantitative estimate of drug-likeness (QED) is 0.804. The zero-order valence-corrected chi connectivity index (χ0v) is 9.31. The van der Waals surface area contributed by atoms with Gasteiger partial charge in [0.1, 0.15) is 0 Å². The zero-order chi connectivity index (χ0) is 9.80. The number of rotatable bonds is 5. The van der Waals surface area contributed by atoms with E-state index in [0.717, 1.165) is 19.0 Å². The second-order valence-electron chi connectivity index (χ2n) is 3.72. The van der Waals surface area contributed by atoms with Gasteiger partial charge in [-0.1, -0.05) is 12.5 Å². The molecule has 1 fully saturated rings. The largest absolute Gasteiger partial charge is 0.310 e. The third-order valence-electron chi connectivity index (χ3n) is 2.45. The van der Waals surface area contributed by atoms with Crippen molar-refractivity contribution in [2.24, 2.45) is 0 Å². The summed E-state index contributed by atoms with van der Waals surface area (Å²) >= 11 is 1.70. The fourth-order valence-corrected chi connectivity index (χ4v) is 1.94. The maximum atomic E-state index is 4.07. The van der Waals surface area contributed by atoms with E-state index in [1.54, 1.807) is 11.3 Å². The number of nitrogens with one attached hydrogen (secondary N) is 1. The summed E-state index contributed by atoms with van der Waals surface area (Å²) in [6.07, 6.45) is 8.03. The van der Waals surface area contributed by atoms with E-state index in [0.29, 0.717) is 0 Å². The van der Waals surface area contributed by atoms with Crippen LogP contribution < -0.4 is 5.32 Å². The number of hydrogen-bond donors (Lipinski definition) is 1. The van der Waals surface area contributed by atoms with Crippen LogP contribution in [0.25, 0.3) is 6.08 Å². The Bertz CT molecular complexity index is 299. The maximum Gasteiger partial charge on any atom is 0.0797 e. The first kappa shape index (κ1) is 9.87. The molecule has 1 aliphatic carbocycles. The lowest BCUT2D eigenvalue weighted by Gasteiger charge is -2.04. The number of thiazole rings is 1. The summed E-state index contributed by atoms with van der Waals surface area (Å²) < 4.78 is 0. The minimum absolute atomic E-state index is 0.798. The Labute approximate surface area is 89.1 Å². The normalized spacial score (nSPS) is 17.4. The van der Waals surface area contributed by atoms with Crippen LogP contribution in [0.5, 0.6) is 0 Å². The van der Waals surface area contributed by atoms with Crippen molar-refractivity contribution in [2.45, 2.75) is 32.2 Å². The molecule has 1 saturated carbocycles. The Morgan fingerprint density at radius 2 is 2.57 bits per heavy atom. The van der Waals surface area contributed by atoms with Gasteiger partial charge in [-0.05, 0) is 25.3 Å². The van der Waals surface area contributed by atoms with Gasteiger partial charge in [0, 0.05) is 23.7 Å². The smallest absolute Gasteiger partial charge is 0.0797 e. The molecule has 14 heavy (non-hydrogen) atoms. The van der Waals surface area contributed by atoms with Gasteiger partial charge in [0.05, 0.1) is 5.51 Å². The van der Waals surface area contributed by atoms with Crippen molar-refractivity contribution in [3.8, 4) is 0 Å². The van der Waals surface area contributed by atoms with Crippen LogP contribution in [0, 0.1) is 0 Å². The number of nitrogens with zero attached hydrogens (tertiary/aromatic N) is 1. The topological polar surface area (TPSA) is 24.9 Å². The van der Waals surface area contributed by atoms with Crippen LogP contribution >= 0.6 is 11.3 Å². The van der Waals surface area contributed by atoms with Crippen molar-refractivity contribution in [3.05, 3.63) is 22.2 Å². The van der Waals surface area contributed by atoms with Gasteiger partial charge in [0.15, 0.2) is 0 Å². The highest BCUT2D eigenvalue weighted by Crippen LogP contribution is 2.20. The van der Waals surface area contributed by atoms with Gasteiger partial charge in [0.2, 0.25) is 0 Å². The summed E-state index contributed by atoms with van der Waals surface area (Å²) in [6.45, 7) is 3.25. The van der Waals surface area contributed by atoms with Crippen LogP contribution in [-0.2, 0) is 0 Å². The van der Waals surface area contributed by atoms with E-state index in [2.05, 4.69) is 23.3 Å². The Balaban J connectivity index is 1.90.